The molecule has 20 heavy (non-hydrogen) atoms. The van der Waals surface area contributed by atoms with Crippen LogP contribution in [0.4, 0.5) is 0 Å². The van der Waals surface area contributed by atoms with Gasteiger partial charge in [0.15, 0.2) is 0 Å². The molecule has 0 aliphatic heterocycles. The Morgan fingerprint density at radius 2 is 1.30 bits per heavy atom. The molecule has 2 aromatic rings. The van der Waals surface area contributed by atoms with Crippen molar-refractivity contribution in [2.45, 2.75) is 26.4 Å². The summed E-state index contributed by atoms with van der Waals surface area (Å²) in [5.41, 5.74) is 0. The Balaban J connectivity index is 2.04. The first-order valence-electron chi connectivity index (χ1n) is 6.71. The van der Waals surface area contributed by atoms with Gasteiger partial charge in [-0.1, -0.05) is 43.3 Å². The molecule has 0 heterocycles. The van der Waals surface area contributed by atoms with Crippen LogP contribution in [0.25, 0.3) is 0 Å². The van der Waals surface area contributed by atoms with Crippen LogP contribution in [-0.2, 0) is 4.52 Å². The van der Waals surface area contributed by atoms with Crippen LogP contribution in [0, 0.1) is 0 Å². The van der Waals surface area contributed by atoms with Crippen molar-refractivity contribution in [1.29, 1.82) is 0 Å². The second-order valence-electron chi connectivity index (χ2n) is 4.36. The van der Waals surface area contributed by atoms with Crippen LogP contribution in [0.5, 0.6) is 11.5 Å². The molecule has 0 aliphatic rings. The number of hydrogen-bond acceptors (Lipinski definition) is 3. The lowest BCUT2D eigenvalue weighted by molar-refractivity contribution is 0.190. The minimum Gasteiger partial charge on any atom is -0.418 e. The zero-order valence-electron chi connectivity index (χ0n) is 11.7. The molecule has 0 bridgehead atoms. The topological polar surface area (TPSA) is 27.7 Å². The summed E-state index contributed by atoms with van der Waals surface area (Å²) >= 11 is 0. The molecular weight excluding hydrogens is 271 g/mol. The van der Waals surface area contributed by atoms with Crippen LogP contribution >= 0.6 is 8.60 Å². The van der Waals surface area contributed by atoms with Crippen molar-refractivity contribution in [2.24, 2.45) is 0 Å². The van der Waals surface area contributed by atoms with Gasteiger partial charge in [-0.3, -0.25) is 4.52 Å². The van der Waals surface area contributed by atoms with Gasteiger partial charge in [-0.25, -0.2) is 0 Å². The van der Waals surface area contributed by atoms with E-state index in [1.54, 1.807) is 0 Å². The minimum atomic E-state index is -1.46. The monoisotopic (exact) mass is 290 g/mol. The van der Waals surface area contributed by atoms with Crippen molar-refractivity contribution in [3.8, 4) is 11.5 Å². The maximum absolute atomic E-state index is 5.83. The van der Waals surface area contributed by atoms with E-state index < -0.39 is 8.60 Å². The fourth-order valence-electron chi connectivity index (χ4n) is 1.42. The molecule has 0 N–H and O–H groups in total. The summed E-state index contributed by atoms with van der Waals surface area (Å²) in [4.78, 5) is 0. The maximum Gasteiger partial charge on any atom is 0.463 e. The second kappa shape index (κ2) is 7.88. The van der Waals surface area contributed by atoms with Gasteiger partial charge in [-0.2, -0.15) is 0 Å². The van der Waals surface area contributed by atoms with Gasteiger partial charge in [0.05, 0.1) is 6.10 Å². The lowest BCUT2D eigenvalue weighted by Gasteiger charge is -2.20. The number of para-hydroxylation sites is 2. The first kappa shape index (κ1) is 14.8. The van der Waals surface area contributed by atoms with Gasteiger partial charge in [0.2, 0.25) is 0 Å². The van der Waals surface area contributed by atoms with Crippen molar-refractivity contribution in [3.63, 3.8) is 0 Å². The zero-order chi connectivity index (χ0) is 14.2. The first-order valence-corrected chi connectivity index (χ1v) is 7.80. The lowest BCUT2D eigenvalue weighted by atomic mass is 10.3. The summed E-state index contributed by atoms with van der Waals surface area (Å²) in [6.07, 6.45) is 1.00. The van der Waals surface area contributed by atoms with Gasteiger partial charge in [0.25, 0.3) is 0 Å². The zero-order valence-corrected chi connectivity index (χ0v) is 12.6. The average Bonchev–Trinajstić information content (AvgIpc) is 2.49. The highest BCUT2D eigenvalue weighted by Crippen LogP contribution is 2.42. The first-order chi connectivity index (χ1) is 9.78. The SMILES string of the molecule is CCC(C)OP(Oc1ccccc1)Oc1ccccc1. The Morgan fingerprint density at radius 1 is 0.850 bits per heavy atom. The third-order valence-corrected chi connectivity index (χ3v) is 3.94. The quantitative estimate of drug-likeness (QED) is 0.657. The van der Waals surface area contributed by atoms with Crippen molar-refractivity contribution < 1.29 is 13.6 Å². The molecule has 106 valence electrons. The van der Waals surface area contributed by atoms with E-state index in [-0.39, 0.29) is 6.10 Å². The third-order valence-electron chi connectivity index (χ3n) is 2.69. The Hall–Kier alpha value is -1.57. The molecular formula is C16H19O3P. The molecule has 0 fully saturated rings. The fourth-order valence-corrected chi connectivity index (χ4v) is 2.57. The summed E-state index contributed by atoms with van der Waals surface area (Å²) in [6, 6.07) is 19.2. The van der Waals surface area contributed by atoms with Gasteiger partial charge in [-0.05, 0) is 37.6 Å². The van der Waals surface area contributed by atoms with Crippen LogP contribution in [0.3, 0.4) is 0 Å². The summed E-state index contributed by atoms with van der Waals surface area (Å²) in [7, 11) is -1.46. The molecule has 2 rings (SSSR count). The van der Waals surface area contributed by atoms with Crippen LogP contribution in [0.1, 0.15) is 20.3 Å². The van der Waals surface area contributed by atoms with Crippen LogP contribution in [0.15, 0.2) is 60.7 Å². The highest BCUT2D eigenvalue weighted by Gasteiger charge is 2.19. The lowest BCUT2D eigenvalue weighted by Crippen LogP contribution is -2.08. The summed E-state index contributed by atoms with van der Waals surface area (Å²) in [5.74, 6) is 1.50. The molecule has 0 saturated heterocycles. The van der Waals surface area contributed by atoms with Crippen LogP contribution < -0.4 is 9.05 Å². The molecule has 0 aromatic heterocycles. The van der Waals surface area contributed by atoms with Gasteiger partial charge < -0.3 is 9.05 Å². The van der Waals surface area contributed by atoms with E-state index in [9.17, 15) is 0 Å². The van der Waals surface area contributed by atoms with Gasteiger partial charge >= 0.3 is 8.60 Å². The van der Waals surface area contributed by atoms with Crippen molar-refractivity contribution in [2.75, 3.05) is 0 Å². The summed E-state index contributed by atoms with van der Waals surface area (Å²) < 4.78 is 17.5. The third kappa shape index (κ3) is 4.84. The number of hydrogen-bond donors (Lipinski definition) is 0. The number of benzene rings is 2. The maximum atomic E-state index is 5.83. The van der Waals surface area contributed by atoms with E-state index >= 15 is 0 Å². The largest absolute Gasteiger partial charge is 0.463 e. The fraction of sp³-hybridized carbons (Fsp3) is 0.250. The Labute approximate surface area is 121 Å². The Bertz CT molecular complexity index is 448. The average molecular weight is 290 g/mol. The predicted octanol–water partition coefficient (Wildman–Crippen LogP) is 5.19. The van der Waals surface area contributed by atoms with Gasteiger partial charge in [-0.15, -0.1) is 0 Å². The van der Waals surface area contributed by atoms with E-state index in [1.165, 1.54) is 0 Å². The normalized spacial score (nSPS) is 12.2. The van der Waals surface area contributed by atoms with Crippen molar-refractivity contribution in [1.82, 2.24) is 0 Å². The minimum absolute atomic E-state index is 0.0912. The standard InChI is InChI=1S/C16H19O3P/c1-3-14(2)17-20(18-15-10-6-4-7-11-15)19-16-12-8-5-9-13-16/h4-14H,3H2,1-2H3. The van der Waals surface area contributed by atoms with E-state index in [0.717, 1.165) is 17.9 Å². The smallest absolute Gasteiger partial charge is 0.418 e. The van der Waals surface area contributed by atoms with E-state index in [4.69, 9.17) is 13.6 Å². The van der Waals surface area contributed by atoms with Crippen molar-refractivity contribution in [3.05, 3.63) is 60.7 Å². The van der Waals surface area contributed by atoms with E-state index in [2.05, 4.69) is 6.92 Å². The molecule has 2 aromatic carbocycles. The Kier molecular flexibility index (Phi) is 5.85. The molecule has 0 radical (unpaired) electrons. The predicted molar refractivity (Wildman–Crippen MR) is 81.9 cm³/mol. The molecule has 0 spiro atoms. The highest BCUT2D eigenvalue weighted by molar-refractivity contribution is 7.42. The highest BCUT2D eigenvalue weighted by atomic mass is 31.2. The molecule has 1 atom stereocenters. The second-order valence-corrected chi connectivity index (χ2v) is 5.38. The van der Waals surface area contributed by atoms with Crippen LogP contribution in [0.2, 0.25) is 0 Å². The van der Waals surface area contributed by atoms with Gasteiger partial charge in [0.1, 0.15) is 11.5 Å². The summed E-state index contributed by atoms with van der Waals surface area (Å²) in [5, 5.41) is 0. The molecule has 0 aliphatic carbocycles. The summed E-state index contributed by atoms with van der Waals surface area (Å²) in [6.45, 7) is 4.08. The molecule has 0 amide bonds. The molecule has 0 saturated carbocycles. The van der Waals surface area contributed by atoms with E-state index in [1.807, 2.05) is 67.6 Å². The van der Waals surface area contributed by atoms with Gasteiger partial charge in [0, 0.05) is 0 Å². The number of rotatable bonds is 7. The molecule has 1 unspecified atom stereocenters. The van der Waals surface area contributed by atoms with Crippen molar-refractivity contribution >= 4 is 8.60 Å². The Morgan fingerprint density at radius 3 is 1.70 bits per heavy atom. The van der Waals surface area contributed by atoms with Crippen LogP contribution in [-0.4, -0.2) is 6.10 Å². The molecule has 4 heteroatoms. The van der Waals surface area contributed by atoms with E-state index in [0.29, 0.717) is 0 Å². The molecule has 3 nitrogen and oxygen atoms in total.